The normalized spacial score (nSPS) is 12.4. The lowest BCUT2D eigenvalue weighted by molar-refractivity contribution is 0.100. The third kappa shape index (κ3) is 3.84. The maximum atomic E-state index is 11.1. The summed E-state index contributed by atoms with van der Waals surface area (Å²) in [6.45, 7) is 7.04. The number of carbonyl (C=O) groups is 1. The number of thiophene rings is 1. The minimum Gasteiger partial charge on any atom is -0.366 e. The third-order valence-electron chi connectivity index (χ3n) is 3.48. The number of carbonyl (C=O) groups excluding carboxylic acids is 1. The maximum absolute atomic E-state index is 11.1. The first kappa shape index (κ1) is 16.0. The molecule has 1 unspecified atom stereocenters. The van der Waals surface area contributed by atoms with Crippen molar-refractivity contribution >= 4 is 28.8 Å². The molecule has 3 N–H and O–H groups in total. The highest BCUT2D eigenvalue weighted by Crippen LogP contribution is 2.27. The van der Waals surface area contributed by atoms with Crippen molar-refractivity contribution in [1.29, 1.82) is 0 Å². The SMILES string of the molecule is Cc1cc(C(C)NCc2ccc(C(N)=O)cc2Cl)c(C)s1. The second kappa shape index (κ2) is 6.60. The Morgan fingerprint density at radius 1 is 1.38 bits per heavy atom. The molecule has 1 amide bonds. The lowest BCUT2D eigenvalue weighted by Crippen LogP contribution is -2.19. The molecular formula is C16H19ClN2OS. The van der Waals surface area contributed by atoms with Crippen molar-refractivity contribution in [3.63, 3.8) is 0 Å². The van der Waals surface area contributed by atoms with Crippen molar-refractivity contribution in [2.75, 3.05) is 0 Å². The molecule has 2 aromatic rings. The summed E-state index contributed by atoms with van der Waals surface area (Å²) in [5.41, 5.74) is 7.95. The topological polar surface area (TPSA) is 55.1 Å². The number of nitrogens with one attached hydrogen (secondary N) is 1. The van der Waals surface area contributed by atoms with Crippen LogP contribution >= 0.6 is 22.9 Å². The molecule has 1 heterocycles. The van der Waals surface area contributed by atoms with Crippen LogP contribution in [0.3, 0.4) is 0 Å². The van der Waals surface area contributed by atoms with E-state index >= 15 is 0 Å². The minimum atomic E-state index is -0.464. The van der Waals surface area contributed by atoms with Gasteiger partial charge in [0, 0.05) is 32.9 Å². The van der Waals surface area contributed by atoms with Crippen LogP contribution in [-0.2, 0) is 6.54 Å². The van der Waals surface area contributed by atoms with Gasteiger partial charge in [0.25, 0.3) is 0 Å². The fraction of sp³-hybridized carbons (Fsp3) is 0.312. The monoisotopic (exact) mass is 322 g/mol. The standard InChI is InChI=1S/C16H19ClN2OS/c1-9-6-14(11(3)21-9)10(2)19-8-13-5-4-12(16(18)20)7-15(13)17/h4-7,10,19H,8H2,1-3H3,(H2,18,20). The number of hydrogen-bond donors (Lipinski definition) is 2. The zero-order valence-electron chi connectivity index (χ0n) is 12.4. The Bertz CT molecular complexity index is 666. The molecule has 0 saturated carbocycles. The second-order valence-electron chi connectivity index (χ2n) is 5.14. The molecule has 0 fully saturated rings. The highest BCUT2D eigenvalue weighted by Gasteiger charge is 2.12. The van der Waals surface area contributed by atoms with Gasteiger partial charge < -0.3 is 11.1 Å². The average molecular weight is 323 g/mol. The van der Waals surface area contributed by atoms with Crippen LogP contribution in [0.2, 0.25) is 5.02 Å². The van der Waals surface area contributed by atoms with Crippen LogP contribution < -0.4 is 11.1 Å². The zero-order chi connectivity index (χ0) is 15.6. The predicted octanol–water partition coefficient (Wildman–Crippen LogP) is 3.97. The van der Waals surface area contributed by atoms with Crippen molar-refractivity contribution in [2.45, 2.75) is 33.4 Å². The van der Waals surface area contributed by atoms with Gasteiger partial charge in [0.2, 0.25) is 5.91 Å². The van der Waals surface area contributed by atoms with E-state index < -0.39 is 5.91 Å². The lowest BCUT2D eigenvalue weighted by atomic mass is 10.1. The first-order valence-corrected chi connectivity index (χ1v) is 7.96. The quantitative estimate of drug-likeness (QED) is 0.875. The lowest BCUT2D eigenvalue weighted by Gasteiger charge is -2.15. The largest absolute Gasteiger partial charge is 0.366 e. The van der Waals surface area contributed by atoms with E-state index in [4.69, 9.17) is 17.3 Å². The summed E-state index contributed by atoms with van der Waals surface area (Å²) in [7, 11) is 0. The number of aryl methyl sites for hydroxylation is 2. The van der Waals surface area contributed by atoms with Gasteiger partial charge in [-0.05, 0) is 50.1 Å². The molecule has 2 rings (SSSR count). The smallest absolute Gasteiger partial charge is 0.248 e. The van der Waals surface area contributed by atoms with Crippen LogP contribution in [0.5, 0.6) is 0 Å². The van der Waals surface area contributed by atoms with E-state index in [9.17, 15) is 4.79 Å². The molecule has 0 radical (unpaired) electrons. The fourth-order valence-electron chi connectivity index (χ4n) is 2.30. The van der Waals surface area contributed by atoms with Gasteiger partial charge in [-0.1, -0.05) is 17.7 Å². The highest BCUT2D eigenvalue weighted by atomic mass is 35.5. The molecule has 112 valence electrons. The molecule has 0 aliphatic heterocycles. The molecule has 21 heavy (non-hydrogen) atoms. The predicted molar refractivity (Wildman–Crippen MR) is 89.0 cm³/mol. The molecule has 5 heteroatoms. The van der Waals surface area contributed by atoms with Gasteiger partial charge in [-0.3, -0.25) is 4.79 Å². The Balaban J connectivity index is 2.06. The summed E-state index contributed by atoms with van der Waals surface area (Å²) in [4.78, 5) is 13.8. The Morgan fingerprint density at radius 3 is 2.62 bits per heavy atom. The van der Waals surface area contributed by atoms with Gasteiger partial charge in [0.05, 0.1) is 0 Å². The summed E-state index contributed by atoms with van der Waals surface area (Å²) in [5, 5.41) is 4.02. The van der Waals surface area contributed by atoms with Crippen LogP contribution in [0.4, 0.5) is 0 Å². The molecule has 0 aliphatic carbocycles. The number of rotatable bonds is 5. The van der Waals surface area contributed by atoms with E-state index in [1.54, 1.807) is 12.1 Å². The maximum Gasteiger partial charge on any atom is 0.248 e. The van der Waals surface area contributed by atoms with Gasteiger partial charge in [-0.2, -0.15) is 0 Å². The Kier molecular flexibility index (Phi) is 5.04. The summed E-state index contributed by atoms with van der Waals surface area (Å²) >= 11 is 8.00. The first-order chi connectivity index (χ1) is 9.88. The number of benzene rings is 1. The van der Waals surface area contributed by atoms with Crippen LogP contribution in [0, 0.1) is 13.8 Å². The number of amides is 1. The van der Waals surface area contributed by atoms with E-state index in [-0.39, 0.29) is 6.04 Å². The van der Waals surface area contributed by atoms with Crippen LogP contribution in [0.1, 0.15) is 44.2 Å². The Labute approximate surface area is 134 Å². The molecule has 1 aromatic heterocycles. The van der Waals surface area contributed by atoms with Crippen molar-refractivity contribution in [1.82, 2.24) is 5.32 Å². The van der Waals surface area contributed by atoms with Crippen molar-refractivity contribution in [3.8, 4) is 0 Å². The van der Waals surface area contributed by atoms with Gasteiger partial charge in [-0.25, -0.2) is 0 Å². The van der Waals surface area contributed by atoms with Gasteiger partial charge in [-0.15, -0.1) is 11.3 Å². The first-order valence-electron chi connectivity index (χ1n) is 6.77. The van der Waals surface area contributed by atoms with Crippen molar-refractivity contribution in [3.05, 3.63) is 55.7 Å². The second-order valence-corrected chi connectivity index (χ2v) is 7.01. The molecule has 1 atom stereocenters. The minimum absolute atomic E-state index is 0.252. The van der Waals surface area contributed by atoms with Crippen molar-refractivity contribution < 1.29 is 4.79 Å². The summed E-state index contributed by atoms with van der Waals surface area (Å²) in [6.07, 6.45) is 0. The van der Waals surface area contributed by atoms with Crippen molar-refractivity contribution in [2.24, 2.45) is 5.73 Å². The fourth-order valence-corrected chi connectivity index (χ4v) is 3.57. The average Bonchev–Trinajstić information content (AvgIpc) is 2.75. The molecular weight excluding hydrogens is 304 g/mol. The number of halogens is 1. The zero-order valence-corrected chi connectivity index (χ0v) is 13.9. The molecule has 1 aromatic carbocycles. The van der Waals surface area contributed by atoms with Gasteiger partial charge in [0.15, 0.2) is 0 Å². The molecule has 0 saturated heterocycles. The Morgan fingerprint density at radius 2 is 2.10 bits per heavy atom. The van der Waals surface area contributed by atoms with E-state index in [1.165, 1.54) is 15.3 Å². The summed E-state index contributed by atoms with van der Waals surface area (Å²) in [5.74, 6) is -0.464. The van der Waals surface area contributed by atoms with E-state index in [1.807, 2.05) is 17.4 Å². The van der Waals surface area contributed by atoms with E-state index in [0.29, 0.717) is 17.1 Å². The summed E-state index contributed by atoms with van der Waals surface area (Å²) < 4.78 is 0. The van der Waals surface area contributed by atoms with Gasteiger partial charge >= 0.3 is 0 Å². The molecule has 0 aliphatic rings. The molecule has 0 spiro atoms. The molecule has 0 bridgehead atoms. The van der Waals surface area contributed by atoms with Crippen LogP contribution in [0.15, 0.2) is 24.3 Å². The van der Waals surface area contributed by atoms with Gasteiger partial charge in [0.1, 0.15) is 0 Å². The highest BCUT2D eigenvalue weighted by molar-refractivity contribution is 7.12. The number of nitrogens with two attached hydrogens (primary N) is 1. The van der Waals surface area contributed by atoms with E-state index in [0.717, 1.165) is 5.56 Å². The Hall–Kier alpha value is -1.36. The van der Waals surface area contributed by atoms with Crippen LogP contribution in [-0.4, -0.2) is 5.91 Å². The summed E-state index contributed by atoms with van der Waals surface area (Å²) in [6, 6.07) is 7.63. The number of hydrogen-bond acceptors (Lipinski definition) is 3. The number of primary amides is 1. The third-order valence-corrected chi connectivity index (χ3v) is 4.82. The molecule has 3 nitrogen and oxygen atoms in total. The van der Waals surface area contributed by atoms with E-state index in [2.05, 4.69) is 32.2 Å². The van der Waals surface area contributed by atoms with Crippen LogP contribution in [0.25, 0.3) is 0 Å².